The largest absolute Gasteiger partial charge is 0.331 e. The molecule has 0 aliphatic carbocycles. The second-order valence-corrected chi connectivity index (χ2v) is 4.90. The third-order valence-electron chi connectivity index (χ3n) is 2.26. The Labute approximate surface area is 107 Å². The lowest BCUT2D eigenvalue weighted by molar-refractivity contribution is 0.0799. The molecule has 1 aromatic carbocycles. The Morgan fingerprint density at radius 2 is 2.00 bits per heavy atom. The summed E-state index contributed by atoms with van der Waals surface area (Å²) >= 11 is 8.03. The summed E-state index contributed by atoms with van der Waals surface area (Å²) in [5.74, 6) is 0.0481. The van der Waals surface area contributed by atoms with Crippen LogP contribution >= 0.6 is 34.2 Å². The zero-order valence-electron chi connectivity index (χ0n) is 7.91. The molecule has 0 fully saturated rings. The van der Waals surface area contributed by atoms with Gasteiger partial charge in [0.15, 0.2) is 0 Å². The van der Waals surface area contributed by atoms with E-state index in [2.05, 4.69) is 22.6 Å². The lowest BCUT2D eigenvalue weighted by atomic mass is 10.2. The standard InChI is InChI=1S/C11H9ClINO/c12-8-3-4-10(13)9(7-8)11(15)14-5-1-2-6-14/h1-4,7H,5-6H2. The van der Waals surface area contributed by atoms with Crippen LogP contribution in [0.25, 0.3) is 0 Å². The maximum atomic E-state index is 12.0. The van der Waals surface area contributed by atoms with Crippen molar-refractivity contribution in [3.05, 3.63) is 44.5 Å². The molecule has 0 atom stereocenters. The summed E-state index contributed by atoms with van der Waals surface area (Å²) in [6, 6.07) is 5.38. The van der Waals surface area contributed by atoms with Crippen molar-refractivity contribution in [2.24, 2.45) is 0 Å². The van der Waals surface area contributed by atoms with E-state index < -0.39 is 0 Å². The molecule has 0 saturated carbocycles. The molecule has 1 aromatic rings. The van der Waals surface area contributed by atoms with E-state index in [4.69, 9.17) is 11.6 Å². The summed E-state index contributed by atoms with van der Waals surface area (Å²) in [5.41, 5.74) is 0.687. The molecule has 0 spiro atoms. The van der Waals surface area contributed by atoms with Crippen LogP contribution in [0.15, 0.2) is 30.4 Å². The van der Waals surface area contributed by atoms with Crippen molar-refractivity contribution in [1.29, 1.82) is 0 Å². The quantitative estimate of drug-likeness (QED) is 0.571. The first-order valence-electron chi connectivity index (χ1n) is 4.58. The summed E-state index contributed by atoms with van der Waals surface area (Å²) in [5, 5.41) is 0.603. The molecule has 1 aliphatic heterocycles. The minimum absolute atomic E-state index is 0.0481. The molecule has 2 nitrogen and oxygen atoms in total. The highest BCUT2D eigenvalue weighted by atomic mass is 127. The van der Waals surface area contributed by atoms with Gasteiger partial charge in [-0.3, -0.25) is 4.79 Å². The molecule has 0 saturated heterocycles. The van der Waals surface area contributed by atoms with Gasteiger partial charge in [-0.15, -0.1) is 0 Å². The van der Waals surface area contributed by atoms with Gasteiger partial charge in [0.05, 0.1) is 5.56 Å². The number of halogens is 2. The summed E-state index contributed by atoms with van der Waals surface area (Å²) < 4.78 is 0.939. The van der Waals surface area contributed by atoms with Crippen molar-refractivity contribution in [2.75, 3.05) is 13.1 Å². The number of rotatable bonds is 1. The second-order valence-electron chi connectivity index (χ2n) is 3.31. The zero-order chi connectivity index (χ0) is 10.8. The Morgan fingerprint density at radius 1 is 1.33 bits per heavy atom. The SMILES string of the molecule is O=C(c1cc(Cl)ccc1I)N1CC=CC1. The monoisotopic (exact) mass is 333 g/mol. The van der Waals surface area contributed by atoms with Crippen LogP contribution in [0.1, 0.15) is 10.4 Å². The molecule has 0 N–H and O–H groups in total. The number of hydrogen-bond acceptors (Lipinski definition) is 1. The first-order valence-corrected chi connectivity index (χ1v) is 6.03. The van der Waals surface area contributed by atoms with E-state index in [1.54, 1.807) is 17.0 Å². The Bertz CT molecular complexity index is 423. The van der Waals surface area contributed by atoms with Gasteiger partial charge >= 0.3 is 0 Å². The Kier molecular flexibility index (Phi) is 3.31. The zero-order valence-corrected chi connectivity index (χ0v) is 10.8. The summed E-state index contributed by atoms with van der Waals surface area (Å²) in [4.78, 5) is 13.8. The predicted octanol–water partition coefficient (Wildman–Crippen LogP) is 2.96. The molecular weight excluding hydrogens is 324 g/mol. The smallest absolute Gasteiger partial charge is 0.255 e. The summed E-state index contributed by atoms with van der Waals surface area (Å²) in [6.07, 6.45) is 3.99. The fourth-order valence-electron chi connectivity index (χ4n) is 1.48. The van der Waals surface area contributed by atoms with Gasteiger partial charge in [-0.2, -0.15) is 0 Å². The lowest BCUT2D eigenvalue weighted by Crippen LogP contribution is -2.28. The van der Waals surface area contributed by atoms with Crippen LogP contribution in [0.5, 0.6) is 0 Å². The maximum Gasteiger partial charge on any atom is 0.255 e. The lowest BCUT2D eigenvalue weighted by Gasteiger charge is -2.16. The highest BCUT2D eigenvalue weighted by molar-refractivity contribution is 14.1. The fraction of sp³-hybridized carbons (Fsp3) is 0.182. The van der Waals surface area contributed by atoms with Gasteiger partial charge in [0.1, 0.15) is 0 Å². The highest BCUT2D eigenvalue weighted by Crippen LogP contribution is 2.20. The molecule has 0 bridgehead atoms. The highest BCUT2D eigenvalue weighted by Gasteiger charge is 2.18. The minimum Gasteiger partial charge on any atom is -0.331 e. The second kappa shape index (κ2) is 4.53. The number of amides is 1. The molecule has 78 valence electrons. The van der Waals surface area contributed by atoms with E-state index >= 15 is 0 Å². The first-order chi connectivity index (χ1) is 7.18. The van der Waals surface area contributed by atoms with Crippen LogP contribution in [-0.2, 0) is 0 Å². The van der Waals surface area contributed by atoms with Crippen LogP contribution in [0, 0.1) is 3.57 Å². The number of hydrogen-bond donors (Lipinski definition) is 0. The Balaban J connectivity index is 2.28. The van der Waals surface area contributed by atoms with Gasteiger partial charge in [-0.1, -0.05) is 23.8 Å². The van der Waals surface area contributed by atoms with E-state index in [0.717, 1.165) is 3.57 Å². The van der Waals surface area contributed by atoms with Crippen LogP contribution < -0.4 is 0 Å². The van der Waals surface area contributed by atoms with E-state index in [0.29, 0.717) is 23.7 Å². The summed E-state index contributed by atoms with van der Waals surface area (Å²) in [7, 11) is 0. The average molecular weight is 334 g/mol. The van der Waals surface area contributed by atoms with Crippen molar-refractivity contribution >= 4 is 40.1 Å². The average Bonchev–Trinajstić information content (AvgIpc) is 2.74. The summed E-state index contributed by atoms with van der Waals surface area (Å²) in [6.45, 7) is 1.39. The van der Waals surface area contributed by atoms with E-state index in [-0.39, 0.29) is 5.91 Å². The van der Waals surface area contributed by atoms with Gasteiger partial charge in [0, 0.05) is 21.7 Å². The maximum absolute atomic E-state index is 12.0. The Hall–Kier alpha value is -0.550. The third kappa shape index (κ3) is 2.34. The van der Waals surface area contributed by atoms with Crippen LogP contribution in [-0.4, -0.2) is 23.9 Å². The topological polar surface area (TPSA) is 20.3 Å². The normalized spacial score (nSPS) is 14.7. The molecule has 0 aromatic heterocycles. The van der Waals surface area contributed by atoms with Gasteiger partial charge in [-0.25, -0.2) is 0 Å². The van der Waals surface area contributed by atoms with Crippen molar-refractivity contribution in [3.8, 4) is 0 Å². The molecule has 1 heterocycles. The van der Waals surface area contributed by atoms with Gasteiger partial charge in [0.2, 0.25) is 0 Å². The van der Waals surface area contributed by atoms with Crippen LogP contribution in [0.3, 0.4) is 0 Å². The molecule has 4 heteroatoms. The molecule has 0 radical (unpaired) electrons. The van der Waals surface area contributed by atoms with Crippen LogP contribution in [0.2, 0.25) is 5.02 Å². The van der Waals surface area contributed by atoms with Gasteiger partial charge in [0.25, 0.3) is 5.91 Å². The van der Waals surface area contributed by atoms with Crippen molar-refractivity contribution in [1.82, 2.24) is 4.90 Å². The van der Waals surface area contributed by atoms with Gasteiger partial charge in [-0.05, 0) is 40.8 Å². The molecular formula is C11H9ClINO. The minimum atomic E-state index is 0.0481. The molecule has 0 unspecified atom stereocenters. The van der Waals surface area contributed by atoms with Crippen molar-refractivity contribution in [2.45, 2.75) is 0 Å². The van der Waals surface area contributed by atoms with Crippen LogP contribution in [0.4, 0.5) is 0 Å². The molecule has 1 aliphatic rings. The van der Waals surface area contributed by atoms with E-state index in [1.807, 2.05) is 18.2 Å². The number of nitrogens with zero attached hydrogens (tertiary/aromatic N) is 1. The Morgan fingerprint density at radius 3 is 2.67 bits per heavy atom. The molecule has 1 amide bonds. The number of carbonyl (C=O) groups excluding carboxylic acids is 1. The predicted molar refractivity (Wildman–Crippen MR) is 69.2 cm³/mol. The van der Waals surface area contributed by atoms with E-state index in [1.165, 1.54) is 0 Å². The van der Waals surface area contributed by atoms with Crippen molar-refractivity contribution in [3.63, 3.8) is 0 Å². The number of carbonyl (C=O) groups is 1. The third-order valence-corrected chi connectivity index (χ3v) is 3.44. The van der Waals surface area contributed by atoms with E-state index in [9.17, 15) is 4.79 Å². The fourth-order valence-corrected chi connectivity index (χ4v) is 2.21. The first kappa shape index (κ1) is 11.0. The molecule has 15 heavy (non-hydrogen) atoms. The molecule has 2 rings (SSSR count). The van der Waals surface area contributed by atoms with Crippen molar-refractivity contribution < 1.29 is 4.79 Å². The number of benzene rings is 1. The van der Waals surface area contributed by atoms with Gasteiger partial charge < -0.3 is 4.90 Å².